The molecule has 0 saturated carbocycles. The largest absolute Gasteiger partial charge is 0.489 e. The van der Waals surface area contributed by atoms with Crippen molar-refractivity contribution in [1.82, 2.24) is 0 Å². The lowest BCUT2D eigenvalue weighted by atomic mass is 10.0. The number of carbonyl (C=O) groups excluding carboxylic acids is 1. The molecule has 0 heterocycles. The van der Waals surface area contributed by atoms with E-state index >= 15 is 0 Å². The van der Waals surface area contributed by atoms with Crippen molar-refractivity contribution < 1.29 is 19.4 Å². The first-order valence-corrected chi connectivity index (χ1v) is 9.79. The summed E-state index contributed by atoms with van der Waals surface area (Å²) < 4.78 is 10.9. The standard InChI is InChI=1S/C22H22O4S/c1-3-21(24)25-13-17(23)14-26-22-19-8-6-5-7-15(19)11-16-9-10-18(27-4-2)12-20(16)22/h3,5-12,17,23H,1,4,13-14H2,2H3. The van der Waals surface area contributed by atoms with E-state index in [1.54, 1.807) is 11.8 Å². The Hall–Kier alpha value is -2.50. The van der Waals surface area contributed by atoms with Crippen molar-refractivity contribution in [3.63, 3.8) is 0 Å². The minimum absolute atomic E-state index is 0.0265. The van der Waals surface area contributed by atoms with Crippen molar-refractivity contribution in [2.75, 3.05) is 19.0 Å². The molecule has 5 heteroatoms. The number of rotatable bonds is 8. The Balaban J connectivity index is 1.93. The zero-order valence-corrected chi connectivity index (χ0v) is 16.0. The summed E-state index contributed by atoms with van der Waals surface area (Å²) in [7, 11) is 0. The first kappa shape index (κ1) is 19.3. The van der Waals surface area contributed by atoms with Gasteiger partial charge >= 0.3 is 5.97 Å². The molecule has 140 valence electrons. The SMILES string of the molecule is C=CC(=O)OCC(O)COc1c2ccccc2cc2ccc(SCC)cc12. The molecule has 0 saturated heterocycles. The van der Waals surface area contributed by atoms with Gasteiger partial charge in [0.05, 0.1) is 0 Å². The zero-order valence-electron chi connectivity index (χ0n) is 15.2. The Labute approximate surface area is 162 Å². The first-order chi connectivity index (χ1) is 13.1. The van der Waals surface area contributed by atoms with Crippen LogP contribution in [0.2, 0.25) is 0 Å². The van der Waals surface area contributed by atoms with E-state index in [0.29, 0.717) is 0 Å². The molecular formula is C22H22O4S. The fourth-order valence-electron chi connectivity index (χ4n) is 2.88. The van der Waals surface area contributed by atoms with E-state index in [4.69, 9.17) is 9.47 Å². The molecule has 4 nitrogen and oxygen atoms in total. The van der Waals surface area contributed by atoms with E-state index in [1.807, 2.05) is 24.3 Å². The summed E-state index contributed by atoms with van der Waals surface area (Å²) in [4.78, 5) is 12.3. The topological polar surface area (TPSA) is 55.8 Å². The number of esters is 1. The van der Waals surface area contributed by atoms with Crippen LogP contribution < -0.4 is 4.74 Å². The third kappa shape index (κ3) is 4.62. The summed E-state index contributed by atoms with van der Waals surface area (Å²) in [5.41, 5.74) is 0. The first-order valence-electron chi connectivity index (χ1n) is 8.80. The van der Waals surface area contributed by atoms with Gasteiger partial charge in [-0.25, -0.2) is 4.79 Å². The second kappa shape index (κ2) is 8.93. The highest BCUT2D eigenvalue weighted by Crippen LogP contribution is 2.37. The highest BCUT2D eigenvalue weighted by Gasteiger charge is 2.13. The minimum Gasteiger partial charge on any atom is -0.489 e. The maximum atomic E-state index is 11.1. The predicted octanol–water partition coefficient (Wildman–Crippen LogP) is 4.57. The van der Waals surface area contributed by atoms with Gasteiger partial charge in [0.15, 0.2) is 0 Å². The van der Waals surface area contributed by atoms with Gasteiger partial charge in [-0.2, -0.15) is 0 Å². The molecule has 0 radical (unpaired) electrons. The second-order valence-corrected chi connectivity index (χ2v) is 7.38. The smallest absolute Gasteiger partial charge is 0.330 e. The van der Waals surface area contributed by atoms with E-state index in [9.17, 15) is 9.90 Å². The van der Waals surface area contributed by atoms with Crippen molar-refractivity contribution in [3.8, 4) is 5.75 Å². The number of aliphatic hydroxyl groups excluding tert-OH is 1. The summed E-state index contributed by atoms with van der Waals surface area (Å²) in [6.45, 7) is 5.34. The molecule has 0 aliphatic carbocycles. The Morgan fingerprint density at radius 3 is 2.70 bits per heavy atom. The predicted molar refractivity (Wildman–Crippen MR) is 111 cm³/mol. The third-order valence-electron chi connectivity index (χ3n) is 4.10. The molecule has 27 heavy (non-hydrogen) atoms. The Bertz CT molecular complexity index is 967. The quantitative estimate of drug-likeness (QED) is 0.268. The van der Waals surface area contributed by atoms with Gasteiger partial charge in [-0.15, -0.1) is 11.8 Å². The molecule has 0 aliphatic heterocycles. The lowest BCUT2D eigenvalue weighted by Gasteiger charge is -2.16. The average molecular weight is 382 g/mol. The van der Waals surface area contributed by atoms with Crippen LogP contribution >= 0.6 is 11.8 Å². The van der Waals surface area contributed by atoms with Crippen molar-refractivity contribution in [2.24, 2.45) is 0 Å². The fraction of sp³-hybridized carbons (Fsp3) is 0.227. The van der Waals surface area contributed by atoms with Gasteiger partial charge in [-0.3, -0.25) is 0 Å². The summed E-state index contributed by atoms with van der Waals surface area (Å²) in [5.74, 6) is 1.16. The molecule has 1 N–H and O–H groups in total. The van der Waals surface area contributed by atoms with Gasteiger partial charge in [-0.1, -0.05) is 43.8 Å². The number of carbonyl (C=O) groups is 1. The molecule has 1 unspecified atom stereocenters. The summed E-state index contributed by atoms with van der Waals surface area (Å²) >= 11 is 1.77. The molecule has 0 spiro atoms. The number of benzene rings is 3. The second-order valence-electron chi connectivity index (χ2n) is 6.04. The van der Waals surface area contributed by atoms with E-state index < -0.39 is 12.1 Å². The van der Waals surface area contributed by atoms with Gasteiger partial charge in [0.25, 0.3) is 0 Å². The van der Waals surface area contributed by atoms with Gasteiger partial charge in [0, 0.05) is 21.7 Å². The van der Waals surface area contributed by atoms with E-state index in [-0.39, 0.29) is 13.2 Å². The molecule has 0 bridgehead atoms. The monoisotopic (exact) mass is 382 g/mol. The third-order valence-corrected chi connectivity index (χ3v) is 4.98. The number of ether oxygens (including phenoxy) is 2. The highest BCUT2D eigenvalue weighted by molar-refractivity contribution is 7.99. The molecule has 3 aromatic carbocycles. The van der Waals surface area contributed by atoms with E-state index in [1.165, 1.54) is 4.90 Å². The molecule has 3 rings (SSSR count). The normalized spacial score (nSPS) is 12.1. The molecule has 0 aliphatic rings. The van der Waals surface area contributed by atoms with Gasteiger partial charge in [-0.05, 0) is 34.7 Å². The molecule has 0 aromatic heterocycles. The molecule has 3 aromatic rings. The molecular weight excluding hydrogens is 360 g/mol. The van der Waals surface area contributed by atoms with Crippen LogP contribution in [0.4, 0.5) is 0 Å². The van der Waals surface area contributed by atoms with Crippen LogP contribution in [0, 0.1) is 0 Å². The van der Waals surface area contributed by atoms with Crippen LogP contribution in [-0.2, 0) is 9.53 Å². The molecule has 0 amide bonds. The van der Waals surface area contributed by atoms with Gasteiger partial charge in [0.2, 0.25) is 0 Å². The maximum Gasteiger partial charge on any atom is 0.330 e. The van der Waals surface area contributed by atoms with Crippen molar-refractivity contribution in [3.05, 3.63) is 61.2 Å². The van der Waals surface area contributed by atoms with E-state index in [0.717, 1.165) is 39.1 Å². The number of hydrogen-bond acceptors (Lipinski definition) is 5. The van der Waals surface area contributed by atoms with Crippen LogP contribution in [0.25, 0.3) is 21.5 Å². The van der Waals surface area contributed by atoms with Gasteiger partial charge in [0.1, 0.15) is 25.1 Å². The number of thioether (sulfide) groups is 1. The van der Waals surface area contributed by atoms with Gasteiger partial charge < -0.3 is 14.6 Å². The number of hydrogen-bond donors (Lipinski definition) is 1. The lowest BCUT2D eigenvalue weighted by Crippen LogP contribution is -2.24. The average Bonchev–Trinajstić information content (AvgIpc) is 2.69. The number of aliphatic hydroxyl groups is 1. The number of fused-ring (bicyclic) bond motifs is 2. The van der Waals surface area contributed by atoms with Crippen molar-refractivity contribution in [1.29, 1.82) is 0 Å². The summed E-state index contributed by atoms with van der Waals surface area (Å²) in [6.07, 6.45) is 0.148. The zero-order chi connectivity index (χ0) is 19.2. The summed E-state index contributed by atoms with van der Waals surface area (Å²) in [6, 6.07) is 16.5. The lowest BCUT2D eigenvalue weighted by molar-refractivity contribution is -0.141. The van der Waals surface area contributed by atoms with Crippen LogP contribution in [0.5, 0.6) is 5.75 Å². The minimum atomic E-state index is -0.920. The van der Waals surface area contributed by atoms with Crippen molar-refractivity contribution >= 4 is 39.3 Å². The highest BCUT2D eigenvalue weighted by atomic mass is 32.2. The molecule has 0 fully saturated rings. The fourth-order valence-corrected chi connectivity index (χ4v) is 3.58. The van der Waals surface area contributed by atoms with E-state index in [2.05, 4.69) is 37.8 Å². The summed E-state index contributed by atoms with van der Waals surface area (Å²) in [5, 5.41) is 14.2. The van der Waals surface area contributed by atoms with Crippen LogP contribution in [0.15, 0.2) is 66.1 Å². The van der Waals surface area contributed by atoms with Crippen molar-refractivity contribution in [2.45, 2.75) is 17.9 Å². The van der Waals surface area contributed by atoms with Crippen LogP contribution in [0.3, 0.4) is 0 Å². The Kier molecular flexibility index (Phi) is 6.37. The molecule has 1 atom stereocenters. The Morgan fingerprint density at radius 1 is 1.15 bits per heavy atom. The van der Waals surface area contributed by atoms with Crippen LogP contribution in [-0.4, -0.2) is 36.1 Å². The van der Waals surface area contributed by atoms with Crippen LogP contribution in [0.1, 0.15) is 6.92 Å². The Morgan fingerprint density at radius 2 is 1.93 bits per heavy atom. The maximum absolute atomic E-state index is 11.1.